The van der Waals surface area contributed by atoms with Gasteiger partial charge in [0.1, 0.15) is 11.1 Å². The van der Waals surface area contributed by atoms with Crippen molar-refractivity contribution in [1.82, 2.24) is 14.8 Å². The van der Waals surface area contributed by atoms with Crippen molar-refractivity contribution < 1.29 is 14.6 Å². The third kappa shape index (κ3) is 3.35. The van der Waals surface area contributed by atoms with E-state index in [-0.39, 0.29) is 34.7 Å². The summed E-state index contributed by atoms with van der Waals surface area (Å²) in [5.41, 5.74) is 0.970. The van der Waals surface area contributed by atoms with Crippen LogP contribution in [0.1, 0.15) is 18.0 Å². The summed E-state index contributed by atoms with van der Waals surface area (Å²) in [5, 5.41) is 35.4. The molecule has 1 aliphatic rings. The first kappa shape index (κ1) is 19.5. The monoisotopic (exact) mass is 408 g/mol. The molecular weight excluding hydrogens is 388 g/mol. The molecule has 0 radical (unpaired) electrons. The van der Waals surface area contributed by atoms with E-state index in [1.807, 2.05) is 0 Å². The molecule has 3 heterocycles. The third-order valence-corrected chi connectivity index (χ3v) is 5.14. The number of phenolic OH excluding ortho intramolecular Hbond substituents is 1. The van der Waals surface area contributed by atoms with Gasteiger partial charge in [0, 0.05) is 18.5 Å². The number of methoxy groups -OCH3 is 1. The molecule has 10 nitrogen and oxygen atoms in total. The summed E-state index contributed by atoms with van der Waals surface area (Å²) < 4.78 is 12.1. The minimum atomic E-state index is -0.324. The Morgan fingerprint density at radius 3 is 3.10 bits per heavy atom. The summed E-state index contributed by atoms with van der Waals surface area (Å²) in [4.78, 5) is 15.2. The van der Waals surface area contributed by atoms with Crippen LogP contribution < -0.4 is 10.9 Å². The molecule has 0 bridgehead atoms. The van der Waals surface area contributed by atoms with Crippen LogP contribution in [-0.2, 0) is 9.47 Å². The molecule has 1 fully saturated rings. The van der Waals surface area contributed by atoms with Crippen molar-refractivity contribution in [3.05, 3.63) is 46.4 Å². The lowest BCUT2D eigenvalue weighted by molar-refractivity contribution is 0.0359. The molecule has 154 valence electrons. The summed E-state index contributed by atoms with van der Waals surface area (Å²) in [5.74, 6) is -0.274. The number of nitrogens with zero attached hydrogens (tertiary/aromatic N) is 3. The number of aromatic nitrogens is 3. The van der Waals surface area contributed by atoms with Crippen LogP contribution in [0, 0.1) is 22.7 Å². The fraction of sp³-hybridized carbons (Fsp3) is 0.300. The number of hydrogen-bond acceptors (Lipinski definition) is 8. The van der Waals surface area contributed by atoms with Crippen molar-refractivity contribution in [2.45, 2.75) is 12.5 Å². The lowest BCUT2D eigenvalue weighted by Crippen LogP contribution is -2.30. The summed E-state index contributed by atoms with van der Waals surface area (Å²) in [6.45, 7) is 0.844. The Kier molecular flexibility index (Phi) is 5.12. The number of hydrogen-bond donors (Lipinski definition) is 4. The van der Waals surface area contributed by atoms with Crippen LogP contribution in [0.15, 0.2) is 35.3 Å². The van der Waals surface area contributed by atoms with Crippen LogP contribution in [-0.4, -0.2) is 46.1 Å². The van der Waals surface area contributed by atoms with Gasteiger partial charge < -0.3 is 24.9 Å². The SMILES string of the molecule is COC(=N)c1cc(Nc2nn([C@@H]3COCC[C@H]3C#N)c3cc[nH]c(=O)c23)ccc1O. The molecule has 0 spiro atoms. The third-order valence-electron chi connectivity index (χ3n) is 5.14. The molecule has 30 heavy (non-hydrogen) atoms. The highest BCUT2D eigenvalue weighted by Crippen LogP contribution is 2.32. The van der Waals surface area contributed by atoms with Crippen LogP contribution in [0.25, 0.3) is 10.9 Å². The zero-order valence-electron chi connectivity index (χ0n) is 16.2. The van der Waals surface area contributed by atoms with Crippen LogP contribution >= 0.6 is 0 Å². The van der Waals surface area contributed by atoms with Gasteiger partial charge in [0.05, 0.1) is 42.8 Å². The Morgan fingerprint density at radius 2 is 2.33 bits per heavy atom. The molecule has 4 rings (SSSR count). The predicted octanol–water partition coefficient (Wildman–Crippen LogP) is 2.25. The van der Waals surface area contributed by atoms with E-state index in [4.69, 9.17) is 14.9 Å². The maximum absolute atomic E-state index is 12.6. The zero-order valence-corrected chi connectivity index (χ0v) is 16.2. The molecule has 1 saturated heterocycles. The number of phenols is 1. The van der Waals surface area contributed by atoms with Crippen molar-refractivity contribution in [3.63, 3.8) is 0 Å². The van der Waals surface area contributed by atoms with Crippen LogP contribution in [0.3, 0.4) is 0 Å². The number of aromatic hydroxyl groups is 1. The lowest BCUT2D eigenvalue weighted by atomic mass is 9.96. The second-order valence-corrected chi connectivity index (χ2v) is 6.92. The van der Waals surface area contributed by atoms with E-state index in [2.05, 4.69) is 21.5 Å². The highest BCUT2D eigenvalue weighted by Gasteiger charge is 2.30. The van der Waals surface area contributed by atoms with Gasteiger partial charge >= 0.3 is 0 Å². The Balaban J connectivity index is 1.80. The molecule has 2 atom stereocenters. The summed E-state index contributed by atoms with van der Waals surface area (Å²) in [6.07, 6.45) is 2.13. The number of aromatic amines is 1. The number of nitriles is 1. The van der Waals surface area contributed by atoms with E-state index < -0.39 is 0 Å². The van der Waals surface area contributed by atoms with Gasteiger partial charge in [-0.25, -0.2) is 0 Å². The molecule has 0 unspecified atom stereocenters. The van der Waals surface area contributed by atoms with E-state index in [1.165, 1.54) is 25.4 Å². The molecule has 4 N–H and O–H groups in total. The van der Waals surface area contributed by atoms with Gasteiger partial charge in [-0.2, -0.15) is 10.4 Å². The largest absolute Gasteiger partial charge is 0.507 e. The number of benzene rings is 1. The van der Waals surface area contributed by atoms with Gasteiger partial charge in [0.25, 0.3) is 5.56 Å². The number of fused-ring (bicyclic) bond motifs is 1. The van der Waals surface area contributed by atoms with Gasteiger partial charge in [-0.3, -0.25) is 14.9 Å². The number of nitrogens with one attached hydrogen (secondary N) is 3. The maximum atomic E-state index is 12.6. The molecule has 0 aliphatic carbocycles. The van der Waals surface area contributed by atoms with E-state index in [0.29, 0.717) is 42.0 Å². The van der Waals surface area contributed by atoms with Gasteiger partial charge in [-0.1, -0.05) is 0 Å². The van der Waals surface area contributed by atoms with E-state index in [1.54, 1.807) is 16.8 Å². The quantitative estimate of drug-likeness (QED) is 0.294. The van der Waals surface area contributed by atoms with Crippen molar-refractivity contribution in [2.24, 2.45) is 5.92 Å². The highest BCUT2D eigenvalue weighted by atomic mass is 16.5. The number of H-pyrrole nitrogens is 1. The molecule has 1 aliphatic heterocycles. The fourth-order valence-electron chi connectivity index (χ4n) is 3.60. The molecule has 2 aromatic heterocycles. The normalized spacial score (nSPS) is 18.7. The van der Waals surface area contributed by atoms with Gasteiger partial charge in [-0.15, -0.1) is 0 Å². The summed E-state index contributed by atoms with van der Waals surface area (Å²) in [7, 11) is 1.34. The first-order chi connectivity index (χ1) is 14.5. The van der Waals surface area contributed by atoms with E-state index in [0.717, 1.165) is 0 Å². The van der Waals surface area contributed by atoms with Gasteiger partial charge in [0.2, 0.25) is 5.90 Å². The van der Waals surface area contributed by atoms with Crippen LogP contribution in [0.5, 0.6) is 5.75 Å². The molecule has 0 saturated carbocycles. The van der Waals surface area contributed by atoms with Crippen molar-refractivity contribution in [2.75, 3.05) is 25.6 Å². The summed E-state index contributed by atoms with van der Waals surface area (Å²) >= 11 is 0. The fourth-order valence-corrected chi connectivity index (χ4v) is 3.60. The minimum absolute atomic E-state index is 0.100. The standard InChI is InChI=1S/C20H20N6O4/c1-29-18(22)13-8-12(2-3-16(13)27)24-19-17-14(4-6-23-20(17)28)26(25-19)15-10-30-7-5-11(15)9-21/h2-4,6,8,11,15,22,27H,5,7,10H2,1H3,(H,23,28)(H,24,25)/t11-,15+/m0/s1. The summed E-state index contributed by atoms with van der Waals surface area (Å²) in [6, 6.07) is 8.29. The second-order valence-electron chi connectivity index (χ2n) is 6.92. The Hall–Kier alpha value is -3.84. The van der Waals surface area contributed by atoms with Crippen LogP contribution in [0.2, 0.25) is 0 Å². The number of ether oxygens (including phenoxy) is 2. The molecule has 3 aromatic rings. The Labute approximate surface area is 171 Å². The average Bonchev–Trinajstić information content (AvgIpc) is 3.13. The van der Waals surface area contributed by atoms with Crippen LogP contribution in [0.4, 0.5) is 11.5 Å². The molecule has 10 heteroatoms. The number of rotatable bonds is 4. The number of pyridine rings is 1. The van der Waals surface area contributed by atoms with E-state index in [9.17, 15) is 15.2 Å². The lowest BCUT2D eigenvalue weighted by Gasteiger charge is -2.27. The zero-order chi connectivity index (χ0) is 21.3. The topological polar surface area (TPSA) is 149 Å². The highest BCUT2D eigenvalue weighted by molar-refractivity contribution is 5.96. The smallest absolute Gasteiger partial charge is 0.261 e. The van der Waals surface area contributed by atoms with Crippen molar-refractivity contribution in [3.8, 4) is 11.8 Å². The molecular formula is C20H20N6O4. The first-order valence-electron chi connectivity index (χ1n) is 9.33. The first-order valence-corrected chi connectivity index (χ1v) is 9.33. The van der Waals surface area contributed by atoms with Gasteiger partial charge in [0.15, 0.2) is 5.82 Å². The minimum Gasteiger partial charge on any atom is -0.507 e. The molecule has 0 amide bonds. The maximum Gasteiger partial charge on any atom is 0.261 e. The second kappa shape index (κ2) is 7.88. The number of anilines is 2. The van der Waals surface area contributed by atoms with Gasteiger partial charge in [-0.05, 0) is 30.7 Å². The Bertz CT molecular complexity index is 1210. The Morgan fingerprint density at radius 1 is 1.50 bits per heavy atom. The van der Waals surface area contributed by atoms with E-state index >= 15 is 0 Å². The average molecular weight is 408 g/mol. The predicted molar refractivity (Wildman–Crippen MR) is 109 cm³/mol. The van der Waals surface area contributed by atoms with Crippen molar-refractivity contribution >= 4 is 28.3 Å². The molecule has 1 aromatic carbocycles. The van der Waals surface area contributed by atoms with Crippen molar-refractivity contribution in [1.29, 1.82) is 10.7 Å².